The molecule has 0 bridgehead atoms. The zero-order chi connectivity index (χ0) is 14.5. The van der Waals surface area contributed by atoms with Crippen LogP contribution in [0, 0.1) is 0 Å². The van der Waals surface area contributed by atoms with Gasteiger partial charge in [-0.3, -0.25) is 4.79 Å². The third-order valence-corrected chi connectivity index (χ3v) is 2.02. The van der Waals surface area contributed by atoms with E-state index in [0.29, 0.717) is 0 Å². The third kappa shape index (κ3) is 5.98. The van der Waals surface area contributed by atoms with Crippen molar-refractivity contribution in [2.24, 2.45) is 5.73 Å². The average Bonchev–Trinajstić information content (AvgIpc) is 2.35. The van der Waals surface area contributed by atoms with Gasteiger partial charge in [0.2, 0.25) is 5.91 Å². The van der Waals surface area contributed by atoms with Crippen LogP contribution in [0.4, 0.5) is 18.9 Å². The highest BCUT2D eigenvalue weighted by Crippen LogP contribution is 2.31. The molecule has 0 atom stereocenters. The summed E-state index contributed by atoms with van der Waals surface area (Å²) in [6, 6.07) is 4.09. The molecule has 0 saturated heterocycles. The Labute approximate surface area is 119 Å². The molecule has 1 amide bonds. The Morgan fingerprint density at radius 3 is 2.50 bits per heavy atom. The standard InChI is InChI=1S/C11H13F3N2O3.ClH/c1-18-8-3-2-7(16-10(17)5-15)4-9(8)19-6-11(12,13)14;/h2-4H,5-6,15H2,1H3,(H,16,17);1H. The molecule has 114 valence electrons. The van der Waals surface area contributed by atoms with Crippen LogP contribution in [0.3, 0.4) is 0 Å². The number of carbonyl (C=O) groups excluding carboxylic acids is 1. The van der Waals surface area contributed by atoms with Crippen LogP contribution in [0.2, 0.25) is 0 Å². The first-order valence-corrected chi connectivity index (χ1v) is 5.23. The Balaban J connectivity index is 0.00000361. The summed E-state index contributed by atoms with van der Waals surface area (Å²) in [5, 5.41) is 2.40. The molecule has 0 aliphatic heterocycles. The van der Waals surface area contributed by atoms with E-state index in [1.165, 1.54) is 25.3 Å². The van der Waals surface area contributed by atoms with Gasteiger partial charge in [-0.15, -0.1) is 12.4 Å². The maximum absolute atomic E-state index is 12.1. The first kappa shape index (κ1) is 18.3. The van der Waals surface area contributed by atoms with Crippen LogP contribution >= 0.6 is 12.4 Å². The molecule has 1 rings (SSSR count). The summed E-state index contributed by atoms with van der Waals surface area (Å²) in [4.78, 5) is 11.1. The summed E-state index contributed by atoms with van der Waals surface area (Å²) in [6.45, 7) is -1.68. The number of methoxy groups -OCH3 is 1. The first-order chi connectivity index (χ1) is 8.85. The monoisotopic (exact) mass is 314 g/mol. The fourth-order valence-electron chi connectivity index (χ4n) is 1.24. The van der Waals surface area contributed by atoms with E-state index in [1.807, 2.05) is 0 Å². The van der Waals surface area contributed by atoms with Gasteiger partial charge in [0.05, 0.1) is 13.7 Å². The van der Waals surface area contributed by atoms with Crippen molar-refractivity contribution in [1.82, 2.24) is 0 Å². The zero-order valence-corrected chi connectivity index (χ0v) is 11.3. The number of amides is 1. The summed E-state index contributed by atoms with van der Waals surface area (Å²) < 4.78 is 45.8. The Kier molecular flexibility index (Phi) is 7.16. The van der Waals surface area contributed by atoms with Crippen LogP contribution in [0.15, 0.2) is 18.2 Å². The van der Waals surface area contributed by atoms with Crippen LogP contribution in [0.25, 0.3) is 0 Å². The molecule has 9 heteroatoms. The molecule has 0 unspecified atom stereocenters. The number of rotatable bonds is 5. The van der Waals surface area contributed by atoms with Crippen molar-refractivity contribution >= 4 is 24.0 Å². The van der Waals surface area contributed by atoms with Gasteiger partial charge in [0.15, 0.2) is 18.1 Å². The van der Waals surface area contributed by atoms with Crippen molar-refractivity contribution in [3.63, 3.8) is 0 Å². The second kappa shape index (κ2) is 7.81. The summed E-state index contributed by atoms with van der Waals surface area (Å²) in [6.07, 6.45) is -4.46. The van der Waals surface area contributed by atoms with E-state index in [1.54, 1.807) is 0 Å². The number of nitrogens with one attached hydrogen (secondary N) is 1. The summed E-state index contributed by atoms with van der Waals surface area (Å²) in [5.74, 6) is -0.448. The Bertz CT molecular complexity index is 455. The lowest BCUT2D eigenvalue weighted by Crippen LogP contribution is -2.22. The van der Waals surface area contributed by atoms with Gasteiger partial charge >= 0.3 is 6.18 Å². The minimum absolute atomic E-state index is 0. The number of nitrogens with two attached hydrogens (primary N) is 1. The number of benzene rings is 1. The Morgan fingerprint density at radius 1 is 1.35 bits per heavy atom. The Morgan fingerprint density at radius 2 is 2.00 bits per heavy atom. The van der Waals surface area contributed by atoms with Gasteiger partial charge < -0.3 is 20.5 Å². The van der Waals surface area contributed by atoms with Gasteiger partial charge in [0, 0.05) is 11.8 Å². The molecule has 0 aromatic heterocycles. The highest BCUT2D eigenvalue weighted by atomic mass is 35.5. The van der Waals surface area contributed by atoms with Gasteiger partial charge in [-0.2, -0.15) is 13.2 Å². The SMILES string of the molecule is COc1ccc(NC(=O)CN)cc1OCC(F)(F)F.Cl. The topological polar surface area (TPSA) is 73.6 Å². The normalized spacial score (nSPS) is 10.4. The molecule has 0 saturated carbocycles. The molecule has 0 heterocycles. The average molecular weight is 315 g/mol. The number of carbonyl (C=O) groups is 1. The minimum Gasteiger partial charge on any atom is -0.493 e. The molecule has 0 radical (unpaired) electrons. The lowest BCUT2D eigenvalue weighted by Gasteiger charge is -2.14. The fourth-order valence-corrected chi connectivity index (χ4v) is 1.24. The van der Waals surface area contributed by atoms with Gasteiger partial charge in [0.1, 0.15) is 0 Å². The lowest BCUT2D eigenvalue weighted by molar-refractivity contribution is -0.153. The van der Waals surface area contributed by atoms with Crippen LogP contribution in [-0.4, -0.2) is 32.3 Å². The molecule has 1 aromatic carbocycles. The van der Waals surface area contributed by atoms with Crippen molar-refractivity contribution in [2.45, 2.75) is 6.18 Å². The van der Waals surface area contributed by atoms with Crippen molar-refractivity contribution in [1.29, 1.82) is 0 Å². The smallest absolute Gasteiger partial charge is 0.422 e. The van der Waals surface area contributed by atoms with Gasteiger partial charge in [-0.25, -0.2) is 0 Å². The van der Waals surface area contributed by atoms with E-state index < -0.39 is 18.7 Å². The summed E-state index contributed by atoms with van der Waals surface area (Å²) in [5.41, 5.74) is 5.38. The number of hydrogen-bond donors (Lipinski definition) is 2. The van der Waals surface area contributed by atoms with E-state index in [2.05, 4.69) is 10.1 Å². The highest BCUT2D eigenvalue weighted by Gasteiger charge is 2.29. The van der Waals surface area contributed by atoms with E-state index in [9.17, 15) is 18.0 Å². The van der Waals surface area contributed by atoms with E-state index >= 15 is 0 Å². The zero-order valence-electron chi connectivity index (χ0n) is 10.5. The first-order valence-electron chi connectivity index (χ1n) is 5.23. The van der Waals surface area contributed by atoms with Crippen LogP contribution < -0.4 is 20.5 Å². The Hall–Kier alpha value is -1.67. The maximum Gasteiger partial charge on any atom is 0.422 e. The molecule has 20 heavy (non-hydrogen) atoms. The predicted octanol–water partition coefficient (Wildman–Crippen LogP) is 1.96. The van der Waals surface area contributed by atoms with Gasteiger partial charge in [-0.1, -0.05) is 0 Å². The van der Waals surface area contributed by atoms with Crippen LogP contribution in [-0.2, 0) is 4.79 Å². The number of alkyl halides is 3. The molecule has 0 aliphatic carbocycles. The number of anilines is 1. The number of halogens is 4. The van der Waals surface area contributed by atoms with Gasteiger partial charge in [-0.05, 0) is 12.1 Å². The summed E-state index contributed by atoms with van der Waals surface area (Å²) >= 11 is 0. The molecular formula is C11H14ClF3N2O3. The number of ether oxygens (including phenoxy) is 2. The molecule has 1 aromatic rings. The van der Waals surface area contributed by atoms with Crippen molar-refractivity contribution in [3.05, 3.63) is 18.2 Å². The van der Waals surface area contributed by atoms with Crippen molar-refractivity contribution in [2.75, 3.05) is 25.6 Å². The molecule has 3 N–H and O–H groups in total. The highest BCUT2D eigenvalue weighted by molar-refractivity contribution is 5.92. The third-order valence-electron chi connectivity index (χ3n) is 2.02. The summed E-state index contributed by atoms with van der Waals surface area (Å²) in [7, 11) is 1.30. The second-order valence-corrected chi connectivity index (χ2v) is 3.52. The molecular weight excluding hydrogens is 301 g/mol. The van der Waals surface area contributed by atoms with Crippen molar-refractivity contribution < 1.29 is 27.4 Å². The lowest BCUT2D eigenvalue weighted by atomic mass is 10.2. The maximum atomic E-state index is 12.1. The molecule has 0 fully saturated rings. The largest absolute Gasteiger partial charge is 0.493 e. The molecule has 0 spiro atoms. The fraction of sp³-hybridized carbons (Fsp3) is 0.364. The second-order valence-electron chi connectivity index (χ2n) is 3.52. The number of hydrogen-bond acceptors (Lipinski definition) is 4. The predicted molar refractivity (Wildman–Crippen MR) is 69.5 cm³/mol. The quantitative estimate of drug-likeness (QED) is 0.871. The molecule has 0 aliphatic rings. The van der Waals surface area contributed by atoms with Crippen molar-refractivity contribution in [3.8, 4) is 11.5 Å². The van der Waals surface area contributed by atoms with E-state index in [-0.39, 0.29) is 36.1 Å². The van der Waals surface area contributed by atoms with Crippen LogP contribution in [0.1, 0.15) is 0 Å². The van der Waals surface area contributed by atoms with E-state index in [0.717, 1.165) is 0 Å². The minimum atomic E-state index is -4.46. The van der Waals surface area contributed by atoms with Crippen LogP contribution in [0.5, 0.6) is 11.5 Å². The van der Waals surface area contributed by atoms with Gasteiger partial charge in [0.25, 0.3) is 0 Å². The van der Waals surface area contributed by atoms with E-state index in [4.69, 9.17) is 10.5 Å². The molecule has 5 nitrogen and oxygen atoms in total.